The maximum Gasteiger partial charge on any atom is 0.316 e. The molecule has 0 bridgehead atoms. The summed E-state index contributed by atoms with van der Waals surface area (Å²) in [6.45, 7) is 6.38. The van der Waals surface area contributed by atoms with Crippen molar-refractivity contribution in [2.45, 2.75) is 26.8 Å². The van der Waals surface area contributed by atoms with Gasteiger partial charge in [-0.1, -0.05) is 6.07 Å². The highest BCUT2D eigenvalue weighted by atomic mass is 32.1. The van der Waals surface area contributed by atoms with Gasteiger partial charge in [-0.2, -0.15) is 0 Å². The molecular weight excluding hydrogens is 270 g/mol. The molecule has 2 rings (SSSR count). The van der Waals surface area contributed by atoms with Crippen LogP contribution in [0.4, 0.5) is 16.2 Å². The summed E-state index contributed by atoms with van der Waals surface area (Å²) < 4.78 is 0. The summed E-state index contributed by atoms with van der Waals surface area (Å²) in [4.78, 5) is 13.5. The number of thiophene rings is 1. The van der Waals surface area contributed by atoms with Crippen molar-refractivity contribution in [3.05, 3.63) is 45.6 Å². The number of carbonyl (C=O) groups is 1. The van der Waals surface area contributed by atoms with Gasteiger partial charge in [-0.05, 0) is 50.6 Å². The van der Waals surface area contributed by atoms with Crippen molar-refractivity contribution >= 4 is 28.7 Å². The molecular formula is C15H19N3OS. The molecule has 5 heteroatoms. The summed E-state index contributed by atoms with van der Waals surface area (Å²) >= 11 is 1.81. The molecule has 2 aromatic rings. The van der Waals surface area contributed by atoms with Gasteiger partial charge in [-0.15, -0.1) is 11.3 Å². The average molecular weight is 289 g/mol. The standard InChI is InChI=1S/C15H19N3OS/c1-9-7-14(11(3)20-9)10(2)17-12-5-4-6-13(8-12)18-15(16)19/h4-8,10,17H,1-3H3,(H3,16,18,19). The summed E-state index contributed by atoms with van der Waals surface area (Å²) in [6.07, 6.45) is 0. The van der Waals surface area contributed by atoms with Gasteiger partial charge in [-0.25, -0.2) is 4.79 Å². The summed E-state index contributed by atoms with van der Waals surface area (Å²) in [5.41, 5.74) is 8.07. The van der Waals surface area contributed by atoms with Gasteiger partial charge in [0.1, 0.15) is 0 Å². The van der Waals surface area contributed by atoms with Crippen molar-refractivity contribution < 1.29 is 4.79 Å². The number of urea groups is 1. The van der Waals surface area contributed by atoms with Crippen molar-refractivity contribution in [2.24, 2.45) is 5.73 Å². The third-order valence-corrected chi connectivity index (χ3v) is 4.04. The van der Waals surface area contributed by atoms with Gasteiger partial charge >= 0.3 is 6.03 Å². The van der Waals surface area contributed by atoms with Crippen LogP contribution < -0.4 is 16.4 Å². The zero-order chi connectivity index (χ0) is 14.7. The second-order valence-electron chi connectivity index (χ2n) is 4.80. The average Bonchev–Trinajstić information content (AvgIpc) is 2.68. The van der Waals surface area contributed by atoms with Crippen LogP contribution in [0, 0.1) is 13.8 Å². The van der Waals surface area contributed by atoms with E-state index in [-0.39, 0.29) is 6.04 Å². The van der Waals surface area contributed by atoms with Crippen LogP contribution in [-0.4, -0.2) is 6.03 Å². The minimum absolute atomic E-state index is 0.212. The van der Waals surface area contributed by atoms with E-state index in [0.29, 0.717) is 5.69 Å². The van der Waals surface area contributed by atoms with Gasteiger partial charge in [0.15, 0.2) is 0 Å². The normalized spacial score (nSPS) is 11.9. The van der Waals surface area contributed by atoms with Crippen LogP contribution >= 0.6 is 11.3 Å². The molecule has 106 valence electrons. The van der Waals surface area contributed by atoms with Gasteiger partial charge in [-0.3, -0.25) is 0 Å². The van der Waals surface area contributed by atoms with Gasteiger partial charge in [0.25, 0.3) is 0 Å². The third kappa shape index (κ3) is 3.51. The number of hydrogen-bond donors (Lipinski definition) is 3. The van der Waals surface area contributed by atoms with Crippen LogP contribution in [0.3, 0.4) is 0 Å². The fourth-order valence-corrected chi connectivity index (χ4v) is 3.26. The van der Waals surface area contributed by atoms with Crippen molar-refractivity contribution in [3.63, 3.8) is 0 Å². The molecule has 2 amide bonds. The number of amides is 2. The number of rotatable bonds is 4. The molecule has 0 aliphatic rings. The molecule has 0 saturated carbocycles. The first-order valence-electron chi connectivity index (χ1n) is 6.45. The highest BCUT2D eigenvalue weighted by Gasteiger charge is 2.11. The Kier molecular flexibility index (Phi) is 4.29. The lowest BCUT2D eigenvalue weighted by atomic mass is 10.1. The molecule has 4 nitrogen and oxygen atoms in total. The second kappa shape index (κ2) is 5.96. The molecule has 1 aromatic carbocycles. The molecule has 0 fully saturated rings. The lowest BCUT2D eigenvalue weighted by Crippen LogP contribution is -2.19. The number of nitrogens with one attached hydrogen (secondary N) is 2. The first kappa shape index (κ1) is 14.4. The zero-order valence-electron chi connectivity index (χ0n) is 11.9. The SMILES string of the molecule is Cc1cc(C(C)Nc2cccc(NC(N)=O)c2)c(C)s1. The van der Waals surface area contributed by atoms with E-state index < -0.39 is 6.03 Å². The Morgan fingerprint density at radius 2 is 1.95 bits per heavy atom. The first-order valence-corrected chi connectivity index (χ1v) is 7.27. The highest BCUT2D eigenvalue weighted by Crippen LogP contribution is 2.29. The van der Waals surface area contributed by atoms with E-state index in [1.807, 2.05) is 18.2 Å². The lowest BCUT2D eigenvalue weighted by Gasteiger charge is -2.16. The monoisotopic (exact) mass is 289 g/mol. The lowest BCUT2D eigenvalue weighted by molar-refractivity contribution is 0.259. The second-order valence-corrected chi connectivity index (χ2v) is 6.27. The fourth-order valence-electron chi connectivity index (χ4n) is 2.24. The Balaban J connectivity index is 2.13. The van der Waals surface area contributed by atoms with Crippen LogP contribution in [0.2, 0.25) is 0 Å². The molecule has 4 N–H and O–H groups in total. The number of hydrogen-bond acceptors (Lipinski definition) is 3. The molecule has 0 aliphatic carbocycles. The molecule has 0 saturated heterocycles. The fraction of sp³-hybridized carbons (Fsp3) is 0.267. The van der Waals surface area contributed by atoms with E-state index in [4.69, 9.17) is 5.73 Å². The van der Waals surface area contributed by atoms with Crippen LogP contribution in [0.15, 0.2) is 30.3 Å². The number of aryl methyl sites for hydroxylation is 2. The number of nitrogens with two attached hydrogens (primary N) is 1. The number of benzene rings is 1. The topological polar surface area (TPSA) is 67.2 Å². The molecule has 1 heterocycles. The van der Waals surface area contributed by atoms with Crippen LogP contribution in [0.1, 0.15) is 28.3 Å². The van der Waals surface area contributed by atoms with Gasteiger partial charge in [0.2, 0.25) is 0 Å². The van der Waals surface area contributed by atoms with Gasteiger partial charge < -0.3 is 16.4 Å². The Morgan fingerprint density at radius 3 is 2.55 bits per heavy atom. The Labute approximate surface area is 123 Å². The minimum atomic E-state index is -0.556. The quantitative estimate of drug-likeness (QED) is 0.795. The van der Waals surface area contributed by atoms with E-state index in [1.165, 1.54) is 15.3 Å². The largest absolute Gasteiger partial charge is 0.378 e. The molecule has 0 spiro atoms. The number of primary amides is 1. The maximum absolute atomic E-state index is 10.9. The molecule has 1 aromatic heterocycles. The van der Waals surface area contributed by atoms with E-state index in [1.54, 1.807) is 17.4 Å². The third-order valence-electron chi connectivity index (χ3n) is 3.06. The number of carbonyl (C=O) groups excluding carboxylic acids is 1. The first-order chi connectivity index (χ1) is 9.45. The summed E-state index contributed by atoms with van der Waals surface area (Å²) in [5.74, 6) is 0. The van der Waals surface area contributed by atoms with Crippen molar-refractivity contribution in [3.8, 4) is 0 Å². The van der Waals surface area contributed by atoms with Gasteiger partial charge in [0, 0.05) is 27.2 Å². The summed E-state index contributed by atoms with van der Waals surface area (Å²) in [5, 5.41) is 6.02. The van der Waals surface area contributed by atoms with E-state index in [9.17, 15) is 4.79 Å². The van der Waals surface area contributed by atoms with E-state index >= 15 is 0 Å². The van der Waals surface area contributed by atoms with Gasteiger partial charge in [0.05, 0.1) is 0 Å². The van der Waals surface area contributed by atoms with Crippen LogP contribution in [0.25, 0.3) is 0 Å². The van der Waals surface area contributed by atoms with Crippen molar-refractivity contribution in [2.75, 3.05) is 10.6 Å². The van der Waals surface area contributed by atoms with E-state index in [0.717, 1.165) is 5.69 Å². The van der Waals surface area contributed by atoms with Crippen molar-refractivity contribution in [1.29, 1.82) is 0 Å². The maximum atomic E-state index is 10.9. The smallest absolute Gasteiger partial charge is 0.316 e. The number of anilines is 2. The summed E-state index contributed by atoms with van der Waals surface area (Å²) in [7, 11) is 0. The minimum Gasteiger partial charge on any atom is -0.378 e. The molecule has 0 aliphatic heterocycles. The summed E-state index contributed by atoms with van der Waals surface area (Å²) in [6, 6.07) is 9.39. The predicted molar refractivity (Wildman–Crippen MR) is 85.5 cm³/mol. The molecule has 1 unspecified atom stereocenters. The van der Waals surface area contributed by atoms with Crippen molar-refractivity contribution in [1.82, 2.24) is 0 Å². The van der Waals surface area contributed by atoms with Crippen LogP contribution in [0.5, 0.6) is 0 Å². The Hall–Kier alpha value is -2.01. The molecule has 20 heavy (non-hydrogen) atoms. The Morgan fingerprint density at radius 1 is 1.25 bits per heavy atom. The molecule has 0 radical (unpaired) electrons. The highest BCUT2D eigenvalue weighted by molar-refractivity contribution is 7.12. The molecule has 1 atom stereocenters. The predicted octanol–water partition coefficient (Wildman–Crippen LogP) is 4.03. The van der Waals surface area contributed by atoms with E-state index in [2.05, 4.69) is 37.5 Å². The Bertz CT molecular complexity index is 621. The zero-order valence-corrected chi connectivity index (χ0v) is 12.7. The van der Waals surface area contributed by atoms with Crippen LogP contribution in [-0.2, 0) is 0 Å².